The van der Waals surface area contributed by atoms with Crippen molar-refractivity contribution >= 4 is 34.4 Å². The van der Waals surface area contributed by atoms with Gasteiger partial charge in [-0.05, 0) is 39.0 Å². The average molecular weight is 431 g/mol. The Morgan fingerprint density at radius 3 is 2.33 bits per heavy atom. The van der Waals surface area contributed by atoms with Gasteiger partial charge < -0.3 is 9.30 Å². The summed E-state index contributed by atoms with van der Waals surface area (Å²) in [6, 6.07) is 9.73. The van der Waals surface area contributed by atoms with Crippen LogP contribution < -0.4 is 5.43 Å². The molecule has 5 nitrogen and oxygen atoms in total. The average Bonchev–Trinajstić information content (AvgIpc) is 2.69. The number of hydrogen-bond donors (Lipinski definition) is 0. The zero-order chi connectivity index (χ0) is 22.0. The van der Waals surface area contributed by atoms with Gasteiger partial charge in [-0.15, -0.1) is 0 Å². The van der Waals surface area contributed by atoms with Gasteiger partial charge in [0.15, 0.2) is 11.6 Å². The SMILES string of the molecule is CCOC(=O)c1c(Sc2ccccc2)n(CC)c2c(F)c(C(C)=O)c(F)cc2c1=O. The van der Waals surface area contributed by atoms with E-state index in [9.17, 15) is 18.8 Å². The van der Waals surface area contributed by atoms with Gasteiger partial charge in [-0.25, -0.2) is 13.6 Å². The Balaban J connectivity index is 2.48. The van der Waals surface area contributed by atoms with Crippen molar-refractivity contribution in [3.8, 4) is 0 Å². The lowest BCUT2D eigenvalue weighted by Gasteiger charge is -2.19. The second-order valence-corrected chi connectivity index (χ2v) is 7.45. The molecule has 0 spiro atoms. The van der Waals surface area contributed by atoms with Crippen molar-refractivity contribution in [1.29, 1.82) is 0 Å². The lowest BCUT2D eigenvalue weighted by Crippen LogP contribution is -2.25. The molecular weight excluding hydrogens is 412 g/mol. The third-order valence-corrected chi connectivity index (χ3v) is 5.62. The lowest BCUT2D eigenvalue weighted by atomic mass is 10.0. The maximum atomic E-state index is 15.3. The van der Waals surface area contributed by atoms with Crippen LogP contribution in [0.2, 0.25) is 0 Å². The van der Waals surface area contributed by atoms with Crippen LogP contribution in [0.5, 0.6) is 0 Å². The fourth-order valence-electron chi connectivity index (χ4n) is 3.23. The van der Waals surface area contributed by atoms with E-state index in [4.69, 9.17) is 4.74 Å². The van der Waals surface area contributed by atoms with Gasteiger partial charge in [0.25, 0.3) is 0 Å². The van der Waals surface area contributed by atoms with Crippen LogP contribution in [0, 0.1) is 11.6 Å². The predicted molar refractivity (Wildman–Crippen MR) is 110 cm³/mol. The van der Waals surface area contributed by atoms with Gasteiger partial charge in [0.1, 0.15) is 11.4 Å². The van der Waals surface area contributed by atoms with Crippen LogP contribution in [0.4, 0.5) is 8.78 Å². The first-order valence-electron chi connectivity index (χ1n) is 9.31. The molecule has 0 radical (unpaired) electrons. The molecule has 0 fully saturated rings. The standard InChI is InChI=1S/C22H19F2NO4S/c1-4-25-19-14(11-15(23)16(12(3)26)18(19)24)20(27)17(22(28)29-5-2)21(25)30-13-9-7-6-8-10-13/h6-11H,4-5H2,1-3H3. The van der Waals surface area contributed by atoms with Crippen LogP contribution >= 0.6 is 11.8 Å². The second kappa shape index (κ2) is 8.79. The van der Waals surface area contributed by atoms with Gasteiger partial charge in [0.05, 0.1) is 28.1 Å². The number of ether oxygens (including phenoxy) is 1. The highest BCUT2D eigenvalue weighted by molar-refractivity contribution is 7.99. The van der Waals surface area contributed by atoms with Crippen LogP contribution in [0.1, 0.15) is 41.5 Å². The van der Waals surface area contributed by atoms with Gasteiger partial charge in [0.2, 0.25) is 5.43 Å². The minimum Gasteiger partial charge on any atom is -0.462 e. The molecule has 1 heterocycles. The number of carbonyl (C=O) groups excluding carboxylic acids is 2. The van der Waals surface area contributed by atoms with Gasteiger partial charge in [-0.3, -0.25) is 9.59 Å². The summed E-state index contributed by atoms with van der Waals surface area (Å²) in [5.41, 5.74) is -2.09. The molecule has 0 saturated carbocycles. The van der Waals surface area contributed by atoms with E-state index in [0.29, 0.717) is 4.90 Å². The summed E-state index contributed by atoms with van der Waals surface area (Å²) in [5, 5.41) is -0.156. The highest BCUT2D eigenvalue weighted by Gasteiger charge is 2.28. The Morgan fingerprint density at radius 1 is 1.10 bits per heavy atom. The van der Waals surface area contributed by atoms with E-state index >= 15 is 4.39 Å². The fourth-order valence-corrected chi connectivity index (χ4v) is 4.35. The normalized spacial score (nSPS) is 11.0. The number of aryl methyl sites for hydroxylation is 1. The number of nitrogens with zero attached hydrogens (tertiary/aromatic N) is 1. The maximum absolute atomic E-state index is 15.3. The van der Waals surface area contributed by atoms with Gasteiger partial charge >= 0.3 is 5.97 Å². The molecule has 8 heteroatoms. The van der Waals surface area contributed by atoms with E-state index < -0.39 is 34.4 Å². The summed E-state index contributed by atoms with van der Waals surface area (Å²) in [6.45, 7) is 4.54. The third kappa shape index (κ3) is 3.75. The van der Waals surface area contributed by atoms with Gasteiger partial charge in [0, 0.05) is 11.4 Å². The number of esters is 1. The smallest absolute Gasteiger partial charge is 0.344 e. The number of Topliss-reactive ketones (excluding diaryl/α,β-unsaturated/α-hetero) is 1. The molecular formula is C22H19F2NO4S. The van der Waals surface area contributed by atoms with Crippen LogP contribution in [0.15, 0.2) is 51.1 Å². The van der Waals surface area contributed by atoms with E-state index in [1.807, 2.05) is 6.07 Å². The number of fused-ring (bicyclic) bond motifs is 1. The van der Waals surface area contributed by atoms with Gasteiger partial charge in [-0.2, -0.15) is 0 Å². The third-order valence-electron chi connectivity index (χ3n) is 4.50. The van der Waals surface area contributed by atoms with Crippen molar-refractivity contribution in [1.82, 2.24) is 4.57 Å². The summed E-state index contributed by atoms with van der Waals surface area (Å²) in [7, 11) is 0. The Hall–Kier alpha value is -3.00. The molecule has 0 atom stereocenters. The minimum absolute atomic E-state index is 0.0316. The first kappa shape index (κ1) is 21.7. The predicted octanol–water partition coefficient (Wildman–Crippen LogP) is 4.83. The molecule has 0 saturated heterocycles. The number of rotatable bonds is 6. The number of benzene rings is 2. The van der Waals surface area contributed by atoms with Crippen LogP contribution in [-0.2, 0) is 11.3 Å². The Morgan fingerprint density at radius 2 is 1.77 bits per heavy atom. The summed E-state index contributed by atoms with van der Waals surface area (Å²) in [4.78, 5) is 38.3. The fraction of sp³-hybridized carbons (Fsp3) is 0.227. The molecule has 156 valence electrons. The van der Waals surface area contributed by atoms with E-state index in [2.05, 4.69) is 0 Å². The zero-order valence-electron chi connectivity index (χ0n) is 16.6. The minimum atomic E-state index is -1.15. The number of halogens is 2. The number of carbonyl (C=O) groups is 2. The molecule has 30 heavy (non-hydrogen) atoms. The van der Waals surface area contributed by atoms with Crippen molar-refractivity contribution in [2.45, 2.75) is 37.2 Å². The number of hydrogen-bond acceptors (Lipinski definition) is 5. The molecule has 0 aliphatic heterocycles. The van der Waals surface area contributed by atoms with Gasteiger partial charge in [-0.1, -0.05) is 30.0 Å². The Labute approximate surface area is 175 Å². The largest absolute Gasteiger partial charge is 0.462 e. The van der Waals surface area contributed by atoms with Crippen molar-refractivity contribution in [2.24, 2.45) is 0 Å². The Kier molecular flexibility index (Phi) is 6.36. The second-order valence-electron chi connectivity index (χ2n) is 6.39. The topological polar surface area (TPSA) is 65.4 Å². The number of pyridine rings is 1. The molecule has 0 N–H and O–H groups in total. The molecule has 0 amide bonds. The molecule has 0 bridgehead atoms. The van der Waals surface area contributed by atoms with E-state index in [1.54, 1.807) is 38.1 Å². The molecule has 3 aromatic rings. The van der Waals surface area contributed by atoms with Crippen LogP contribution in [0.3, 0.4) is 0 Å². The first-order chi connectivity index (χ1) is 14.3. The number of ketones is 1. The number of aromatic nitrogens is 1. The molecule has 1 aromatic heterocycles. The van der Waals surface area contributed by atoms with E-state index in [0.717, 1.165) is 24.8 Å². The van der Waals surface area contributed by atoms with Crippen molar-refractivity contribution in [3.63, 3.8) is 0 Å². The Bertz CT molecular complexity index is 1210. The quantitative estimate of drug-likeness (QED) is 0.413. The molecule has 0 aliphatic rings. The first-order valence-corrected chi connectivity index (χ1v) is 10.1. The van der Waals surface area contributed by atoms with Crippen molar-refractivity contribution in [3.05, 3.63) is 69.4 Å². The summed E-state index contributed by atoms with van der Waals surface area (Å²) in [5.74, 6) is -3.94. The van der Waals surface area contributed by atoms with E-state index in [-0.39, 0.29) is 34.6 Å². The highest BCUT2D eigenvalue weighted by Crippen LogP contribution is 2.34. The summed E-state index contributed by atoms with van der Waals surface area (Å²) >= 11 is 1.09. The zero-order valence-corrected chi connectivity index (χ0v) is 17.4. The summed E-state index contributed by atoms with van der Waals surface area (Å²) < 4.78 is 36.2. The molecule has 3 rings (SSSR count). The summed E-state index contributed by atoms with van der Waals surface area (Å²) in [6.07, 6.45) is 0. The van der Waals surface area contributed by atoms with Crippen LogP contribution in [-0.4, -0.2) is 22.9 Å². The van der Waals surface area contributed by atoms with Crippen molar-refractivity contribution in [2.75, 3.05) is 6.61 Å². The molecule has 0 aliphatic carbocycles. The van der Waals surface area contributed by atoms with Crippen molar-refractivity contribution < 1.29 is 23.1 Å². The molecule has 0 unspecified atom stereocenters. The van der Waals surface area contributed by atoms with Crippen LogP contribution in [0.25, 0.3) is 10.9 Å². The lowest BCUT2D eigenvalue weighted by molar-refractivity contribution is 0.0519. The maximum Gasteiger partial charge on any atom is 0.344 e. The highest BCUT2D eigenvalue weighted by atomic mass is 32.2. The molecule has 2 aromatic carbocycles. The van der Waals surface area contributed by atoms with E-state index in [1.165, 1.54) is 4.57 Å². The monoisotopic (exact) mass is 431 g/mol.